The molecule has 0 saturated heterocycles. The van der Waals surface area contributed by atoms with Gasteiger partial charge in [0, 0.05) is 38.1 Å². The largest absolute Gasteiger partial charge is 0.382 e. The van der Waals surface area contributed by atoms with Gasteiger partial charge in [-0.05, 0) is 32.7 Å². The van der Waals surface area contributed by atoms with Crippen molar-refractivity contribution in [2.45, 2.75) is 39.7 Å². The molecule has 0 amide bonds. The number of ether oxygens (including phenoxy) is 1. The summed E-state index contributed by atoms with van der Waals surface area (Å²) in [5.41, 5.74) is 0.0179. The van der Waals surface area contributed by atoms with E-state index in [1.807, 2.05) is 13.8 Å². The Kier molecular flexibility index (Phi) is 7.91. The minimum atomic E-state index is -0.342. The predicted molar refractivity (Wildman–Crippen MR) is 79.3 cm³/mol. The Morgan fingerprint density at radius 1 is 1.25 bits per heavy atom. The summed E-state index contributed by atoms with van der Waals surface area (Å²) < 4.78 is 6.80. The van der Waals surface area contributed by atoms with Crippen molar-refractivity contribution in [3.63, 3.8) is 0 Å². The van der Waals surface area contributed by atoms with Crippen LogP contribution in [0.15, 0.2) is 15.8 Å². The molecule has 0 spiro atoms. The SMILES string of the molecule is CCOCCCCNCCn1cc(CC)c(=O)[nH]c1=O. The van der Waals surface area contributed by atoms with Gasteiger partial charge in [0.05, 0.1) is 0 Å². The third-order valence-corrected chi connectivity index (χ3v) is 3.09. The summed E-state index contributed by atoms with van der Waals surface area (Å²) in [5.74, 6) is 0. The molecular weight excluding hydrogens is 258 g/mol. The van der Waals surface area contributed by atoms with Crippen LogP contribution in [0, 0.1) is 0 Å². The van der Waals surface area contributed by atoms with Gasteiger partial charge < -0.3 is 10.1 Å². The number of nitrogens with one attached hydrogen (secondary N) is 2. The number of unbranched alkanes of at least 4 members (excludes halogenated alkanes) is 1. The van der Waals surface area contributed by atoms with Crippen LogP contribution >= 0.6 is 0 Å². The van der Waals surface area contributed by atoms with E-state index in [9.17, 15) is 9.59 Å². The maximum Gasteiger partial charge on any atom is 0.328 e. The van der Waals surface area contributed by atoms with Gasteiger partial charge in [0.25, 0.3) is 5.56 Å². The second-order valence-electron chi connectivity index (χ2n) is 4.61. The average Bonchev–Trinajstić information content (AvgIpc) is 2.43. The van der Waals surface area contributed by atoms with Crippen LogP contribution in [-0.2, 0) is 17.7 Å². The number of hydrogen-bond donors (Lipinski definition) is 2. The molecule has 2 N–H and O–H groups in total. The summed E-state index contributed by atoms with van der Waals surface area (Å²) in [6, 6.07) is 0. The first kappa shape index (κ1) is 16.7. The molecule has 6 heteroatoms. The molecule has 0 atom stereocenters. The van der Waals surface area contributed by atoms with Gasteiger partial charge in [0.2, 0.25) is 0 Å². The molecule has 0 aliphatic carbocycles. The Hall–Kier alpha value is -1.40. The molecule has 0 bridgehead atoms. The minimum absolute atomic E-state index is 0.280. The fourth-order valence-corrected chi connectivity index (χ4v) is 1.90. The molecule has 6 nitrogen and oxygen atoms in total. The lowest BCUT2D eigenvalue weighted by Crippen LogP contribution is -2.34. The molecular formula is C14H25N3O3. The monoisotopic (exact) mass is 283 g/mol. The molecule has 1 aromatic rings. The molecule has 0 aliphatic rings. The number of aryl methyl sites for hydroxylation is 1. The van der Waals surface area contributed by atoms with Gasteiger partial charge in [-0.3, -0.25) is 14.3 Å². The van der Waals surface area contributed by atoms with Crippen LogP contribution in [0.1, 0.15) is 32.3 Å². The van der Waals surface area contributed by atoms with Crippen LogP contribution in [0.5, 0.6) is 0 Å². The van der Waals surface area contributed by atoms with E-state index in [0.29, 0.717) is 25.1 Å². The molecule has 0 radical (unpaired) electrons. The summed E-state index contributed by atoms with van der Waals surface area (Å²) in [5, 5.41) is 3.28. The summed E-state index contributed by atoms with van der Waals surface area (Å²) in [6.45, 7) is 7.64. The quantitative estimate of drug-likeness (QED) is 0.613. The Balaban J connectivity index is 2.28. The predicted octanol–water partition coefficient (Wildman–Crippen LogP) is 0.505. The van der Waals surface area contributed by atoms with E-state index < -0.39 is 0 Å². The normalized spacial score (nSPS) is 10.9. The first-order chi connectivity index (χ1) is 9.69. The molecule has 114 valence electrons. The first-order valence-electron chi connectivity index (χ1n) is 7.30. The van der Waals surface area contributed by atoms with Crippen LogP contribution in [0.25, 0.3) is 0 Å². The van der Waals surface area contributed by atoms with E-state index in [1.165, 1.54) is 0 Å². The summed E-state index contributed by atoms with van der Waals surface area (Å²) >= 11 is 0. The highest BCUT2D eigenvalue weighted by Gasteiger charge is 2.02. The van der Waals surface area contributed by atoms with E-state index >= 15 is 0 Å². The highest BCUT2D eigenvalue weighted by molar-refractivity contribution is 5.03. The zero-order valence-electron chi connectivity index (χ0n) is 12.4. The lowest BCUT2D eigenvalue weighted by molar-refractivity contribution is 0.143. The Morgan fingerprint density at radius 2 is 2.05 bits per heavy atom. The highest BCUT2D eigenvalue weighted by atomic mass is 16.5. The van der Waals surface area contributed by atoms with Crippen LogP contribution in [0.3, 0.4) is 0 Å². The van der Waals surface area contributed by atoms with Gasteiger partial charge in [0.1, 0.15) is 0 Å². The standard InChI is InChI=1S/C14H25N3O3/c1-3-12-11-17(14(19)16-13(12)18)9-8-15-7-5-6-10-20-4-2/h11,15H,3-10H2,1-2H3,(H,16,18,19). The summed E-state index contributed by atoms with van der Waals surface area (Å²) in [6.07, 6.45) is 4.37. The third kappa shape index (κ3) is 5.71. The number of rotatable bonds is 10. The molecule has 0 aromatic carbocycles. The first-order valence-corrected chi connectivity index (χ1v) is 7.30. The zero-order chi connectivity index (χ0) is 14.8. The van der Waals surface area contributed by atoms with Crippen LogP contribution < -0.4 is 16.6 Å². The summed E-state index contributed by atoms with van der Waals surface area (Å²) in [7, 11) is 0. The lowest BCUT2D eigenvalue weighted by atomic mass is 10.2. The fourth-order valence-electron chi connectivity index (χ4n) is 1.90. The molecule has 1 rings (SSSR count). The smallest absolute Gasteiger partial charge is 0.328 e. The molecule has 0 unspecified atom stereocenters. The van der Waals surface area contributed by atoms with E-state index in [0.717, 1.165) is 32.6 Å². The lowest BCUT2D eigenvalue weighted by Gasteiger charge is -2.08. The topological polar surface area (TPSA) is 76.1 Å². The Labute approximate surface area is 119 Å². The average molecular weight is 283 g/mol. The second kappa shape index (κ2) is 9.50. The van der Waals surface area contributed by atoms with E-state index in [2.05, 4.69) is 10.3 Å². The number of aromatic amines is 1. The Bertz CT molecular complexity index is 493. The van der Waals surface area contributed by atoms with Gasteiger partial charge in [-0.25, -0.2) is 4.79 Å². The van der Waals surface area contributed by atoms with Crippen molar-refractivity contribution in [3.05, 3.63) is 32.6 Å². The van der Waals surface area contributed by atoms with Crippen molar-refractivity contribution >= 4 is 0 Å². The molecule has 0 fully saturated rings. The van der Waals surface area contributed by atoms with Crippen molar-refractivity contribution in [1.82, 2.24) is 14.9 Å². The van der Waals surface area contributed by atoms with Gasteiger partial charge >= 0.3 is 5.69 Å². The molecule has 1 aromatic heterocycles. The van der Waals surface area contributed by atoms with Crippen molar-refractivity contribution < 1.29 is 4.74 Å². The maximum absolute atomic E-state index is 11.6. The third-order valence-electron chi connectivity index (χ3n) is 3.09. The van der Waals surface area contributed by atoms with Gasteiger partial charge in [-0.15, -0.1) is 0 Å². The fraction of sp³-hybridized carbons (Fsp3) is 0.714. The molecule has 1 heterocycles. The highest BCUT2D eigenvalue weighted by Crippen LogP contribution is 1.90. The van der Waals surface area contributed by atoms with Crippen molar-refractivity contribution in [1.29, 1.82) is 0 Å². The zero-order valence-corrected chi connectivity index (χ0v) is 12.4. The number of H-pyrrole nitrogens is 1. The van der Waals surface area contributed by atoms with E-state index in [4.69, 9.17) is 4.74 Å². The molecule has 0 saturated carbocycles. The number of nitrogens with zero attached hydrogens (tertiary/aromatic N) is 1. The number of aromatic nitrogens is 2. The van der Waals surface area contributed by atoms with Crippen LogP contribution in [-0.4, -0.2) is 35.9 Å². The maximum atomic E-state index is 11.6. The van der Waals surface area contributed by atoms with E-state index in [1.54, 1.807) is 10.8 Å². The van der Waals surface area contributed by atoms with E-state index in [-0.39, 0.29) is 11.2 Å². The van der Waals surface area contributed by atoms with Gasteiger partial charge in [-0.1, -0.05) is 6.92 Å². The Morgan fingerprint density at radius 3 is 2.75 bits per heavy atom. The van der Waals surface area contributed by atoms with Crippen molar-refractivity contribution in [2.24, 2.45) is 0 Å². The van der Waals surface area contributed by atoms with Gasteiger partial charge in [0.15, 0.2) is 0 Å². The number of hydrogen-bond acceptors (Lipinski definition) is 4. The van der Waals surface area contributed by atoms with Crippen LogP contribution in [0.2, 0.25) is 0 Å². The van der Waals surface area contributed by atoms with Gasteiger partial charge in [-0.2, -0.15) is 0 Å². The second-order valence-corrected chi connectivity index (χ2v) is 4.61. The summed E-state index contributed by atoms with van der Waals surface area (Å²) in [4.78, 5) is 25.4. The molecule has 0 aliphatic heterocycles. The van der Waals surface area contributed by atoms with Crippen LogP contribution in [0.4, 0.5) is 0 Å². The molecule has 20 heavy (non-hydrogen) atoms. The van der Waals surface area contributed by atoms with Crippen molar-refractivity contribution in [2.75, 3.05) is 26.3 Å². The van der Waals surface area contributed by atoms with Crippen molar-refractivity contribution in [3.8, 4) is 0 Å². The minimum Gasteiger partial charge on any atom is -0.382 e.